The smallest absolute Gasteiger partial charge is 0.213 e. The summed E-state index contributed by atoms with van der Waals surface area (Å²) in [6.45, 7) is 9.14. The van der Waals surface area contributed by atoms with E-state index in [0.717, 1.165) is 0 Å². The van der Waals surface area contributed by atoms with Crippen molar-refractivity contribution in [2.45, 2.75) is 39.3 Å². The predicted octanol–water partition coefficient (Wildman–Crippen LogP) is 1.90. The summed E-state index contributed by atoms with van der Waals surface area (Å²) in [5, 5.41) is 13.2. The molecule has 1 rings (SSSR count). The third kappa shape index (κ3) is 5.15. The third-order valence-electron chi connectivity index (χ3n) is 2.20. The molecule has 0 aliphatic rings. The highest BCUT2D eigenvalue weighted by molar-refractivity contribution is 5.17. The number of nitrogens with zero attached hydrogens (tertiary/aromatic N) is 1. The summed E-state index contributed by atoms with van der Waals surface area (Å²) in [7, 11) is 0. The lowest BCUT2D eigenvalue weighted by Crippen LogP contribution is -2.38. The zero-order valence-corrected chi connectivity index (χ0v) is 11.0. The highest BCUT2D eigenvalue weighted by Gasteiger charge is 2.14. The molecule has 1 heterocycles. The third-order valence-corrected chi connectivity index (χ3v) is 2.20. The maximum Gasteiger partial charge on any atom is 0.213 e. The summed E-state index contributed by atoms with van der Waals surface area (Å²) < 4.78 is 5.30. The summed E-state index contributed by atoms with van der Waals surface area (Å²) >= 11 is 0. The number of hydrogen-bond donors (Lipinski definition) is 2. The number of nitrogens with one attached hydrogen (secondary N) is 1. The van der Waals surface area contributed by atoms with E-state index in [1.165, 1.54) is 0 Å². The zero-order valence-electron chi connectivity index (χ0n) is 11.0. The molecule has 0 saturated heterocycles. The fraction of sp³-hybridized carbons (Fsp3) is 0.615. The van der Waals surface area contributed by atoms with Crippen molar-refractivity contribution < 1.29 is 9.84 Å². The van der Waals surface area contributed by atoms with Crippen LogP contribution in [0.2, 0.25) is 0 Å². The van der Waals surface area contributed by atoms with Gasteiger partial charge >= 0.3 is 0 Å². The number of hydrogen-bond acceptors (Lipinski definition) is 4. The van der Waals surface area contributed by atoms with Crippen LogP contribution in [0.4, 0.5) is 0 Å². The van der Waals surface area contributed by atoms with Gasteiger partial charge in [0.25, 0.3) is 0 Å². The molecule has 1 aromatic heterocycles. The molecule has 0 radical (unpaired) electrons. The van der Waals surface area contributed by atoms with Crippen LogP contribution in [-0.4, -0.2) is 28.8 Å². The fourth-order valence-corrected chi connectivity index (χ4v) is 1.35. The Balaban J connectivity index is 2.62. The second kappa shape index (κ2) is 5.98. The van der Waals surface area contributed by atoms with Crippen LogP contribution in [-0.2, 0) is 0 Å². The number of ether oxygens (including phenoxy) is 1. The summed E-state index contributed by atoms with van der Waals surface area (Å²) in [6, 6.07) is 5.43. The van der Waals surface area contributed by atoms with Gasteiger partial charge < -0.3 is 15.2 Å². The topological polar surface area (TPSA) is 54.4 Å². The Labute approximate surface area is 103 Å². The maximum absolute atomic E-state index is 10.00. The minimum atomic E-state index is -0.616. The summed E-state index contributed by atoms with van der Waals surface area (Å²) in [5.74, 6) is 0.555. The Hall–Kier alpha value is -1.13. The minimum Gasteiger partial charge on any atom is -0.478 e. The quantitative estimate of drug-likeness (QED) is 0.822. The first-order valence-electron chi connectivity index (χ1n) is 5.95. The van der Waals surface area contributed by atoms with E-state index in [-0.39, 0.29) is 5.54 Å². The summed E-state index contributed by atoms with van der Waals surface area (Å²) in [6.07, 6.45) is -0.616. The lowest BCUT2D eigenvalue weighted by atomic mass is 10.1. The Morgan fingerprint density at radius 1 is 1.41 bits per heavy atom. The van der Waals surface area contributed by atoms with Crippen molar-refractivity contribution in [1.82, 2.24) is 10.3 Å². The van der Waals surface area contributed by atoms with Gasteiger partial charge in [-0.2, -0.15) is 0 Å². The molecule has 0 bridgehead atoms. The highest BCUT2D eigenvalue weighted by Crippen LogP contribution is 2.14. The van der Waals surface area contributed by atoms with Gasteiger partial charge in [-0.25, -0.2) is 4.98 Å². The molecular formula is C13H22N2O2. The van der Waals surface area contributed by atoms with Crippen molar-refractivity contribution in [2.75, 3.05) is 13.2 Å². The van der Waals surface area contributed by atoms with Gasteiger partial charge in [-0.3, -0.25) is 0 Å². The molecule has 0 amide bonds. The Kier molecular flexibility index (Phi) is 4.90. The van der Waals surface area contributed by atoms with Crippen LogP contribution < -0.4 is 10.1 Å². The second-order valence-corrected chi connectivity index (χ2v) is 4.98. The van der Waals surface area contributed by atoms with E-state index in [4.69, 9.17) is 4.74 Å². The van der Waals surface area contributed by atoms with Crippen molar-refractivity contribution in [2.24, 2.45) is 0 Å². The molecule has 4 heteroatoms. The van der Waals surface area contributed by atoms with E-state index in [1.54, 1.807) is 12.1 Å². The first-order valence-corrected chi connectivity index (χ1v) is 5.95. The predicted molar refractivity (Wildman–Crippen MR) is 68.1 cm³/mol. The van der Waals surface area contributed by atoms with E-state index in [1.807, 2.05) is 13.0 Å². The molecule has 4 nitrogen and oxygen atoms in total. The summed E-state index contributed by atoms with van der Waals surface area (Å²) in [5.41, 5.74) is 0.617. The van der Waals surface area contributed by atoms with Gasteiger partial charge in [0, 0.05) is 18.2 Å². The lowest BCUT2D eigenvalue weighted by molar-refractivity contribution is 0.157. The molecule has 0 saturated carbocycles. The molecule has 1 atom stereocenters. The van der Waals surface area contributed by atoms with Gasteiger partial charge in [0.1, 0.15) is 6.10 Å². The first kappa shape index (κ1) is 13.9. The number of pyridine rings is 1. The average molecular weight is 238 g/mol. The molecular weight excluding hydrogens is 216 g/mol. The van der Waals surface area contributed by atoms with Gasteiger partial charge in [-0.15, -0.1) is 0 Å². The maximum atomic E-state index is 10.00. The molecule has 0 aromatic carbocycles. The Morgan fingerprint density at radius 2 is 2.12 bits per heavy atom. The van der Waals surface area contributed by atoms with E-state index >= 15 is 0 Å². The zero-order chi connectivity index (χ0) is 12.9. The average Bonchev–Trinajstić information content (AvgIpc) is 2.26. The molecule has 96 valence electrons. The fourth-order valence-electron chi connectivity index (χ4n) is 1.35. The SMILES string of the molecule is CCOc1cccc([C@@H](O)CNC(C)(C)C)n1. The number of aliphatic hydroxyl groups is 1. The van der Waals surface area contributed by atoms with Gasteiger partial charge in [0.05, 0.1) is 12.3 Å². The normalized spacial score (nSPS) is 13.5. The molecule has 0 unspecified atom stereocenters. The number of aromatic nitrogens is 1. The van der Waals surface area contributed by atoms with Crippen molar-refractivity contribution in [1.29, 1.82) is 0 Å². The highest BCUT2D eigenvalue weighted by atomic mass is 16.5. The van der Waals surface area contributed by atoms with Crippen molar-refractivity contribution >= 4 is 0 Å². The Bertz CT molecular complexity index is 348. The van der Waals surface area contributed by atoms with E-state index < -0.39 is 6.10 Å². The van der Waals surface area contributed by atoms with Gasteiger partial charge in [0.15, 0.2) is 0 Å². The lowest BCUT2D eigenvalue weighted by Gasteiger charge is -2.22. The van der Waals surface area contributed by atoms with Crippen LogP contribution >= 0.6 is 0 Å². The van der Waals surface area contributed by atoms with Crippen LogP contribution in [0.3, 0.4) is 0 Å². The Morgan fingerprint density at radius 3 is 2.71 bits per heavy atom. The molecule has 17 heavy (non-hydrogen) atoms. The number of β-amino-alcohol motifs (C(OH)–C–C–N with tert-alkyl or cyclic N) is 1. The minimum absolute atomic E-state index is 0.0154. The van der Waals surface area contributed by atoms with Crippen molar-refractivity contribution in [3.05, 3.63) is 23.9 Å². The largest absolute Gasteiger partial charge is 0.478 e. The van der Waals surface area contributed by atoms with Crippen LogP contribution in [0.15, 0.2) is 18.2 Å². The van der Waals surface area contributed by atoms with Crippen LogP contribution in [0.5, 0.6) is 5.88 Å². The molecule has 0 aliphatic carbocycles. The molecule has 0 spiro atoms. The molecule has 2 N–H and O–H groups in total. The second-order valence-electron chi connectivity index (χ2n) is 4.98. The first-order chi connectivity index (χ1) is 7.92. The van der Waals surface area contributed by atoms with Crippen molar-refractivity contribution in [3.8, 4) is 5.88 Å². The number of aliphatic hydroxyl groups excluding tert-OH is 1. The van der Waals surface area contributed by atoms with E-state index in [2.05, 4.69) is 31.1 Å². The monoisotopic (exact) mass is 238 g/mol. The van der Waals surface area contributed by atoms with Crippen LogP contribution in [0, 0.1) is 0 Å². The molecule has 0 fully saturated rings. The van der Waals surface area contributed by atoms with Gasteiger partial charge in [-0.1, -0.05) is 6.07 Å². The van der Waals surface area contributed by atoms with Crippen LogP contribution in [0.1, 0.15) is 39.5 Å². The molecule has 1 aromatic rings. The standard InChI is InChI=1S/C13H22N2O2/c1-5-17-12-8-6-7-10(15-12)11(16)9-14-13(2,3)4/h6-8,11,14,16H,5,9H2,1-4H3/t11-/m0/s1. The van der Waals surface area contributed by atoms with E-state index in [9.17, 15) is 5.11 Å². The van der Waals surface area contributed by atoms with Crippen LogP contribution in [0.25, 0.3) is 0 Å². The molecule has 0 aliphatic heterocycles. The van der Waals surface area contributed by atoms with Gasteiger partial charge in [0.2, 0.25) is 5.88 Å². The number of rotatable bonds is 5. The van der Waals surface area contributed by atoms with Gasteiger partial charge in [-0.05, 0) is 33.8 Å². The summed E-state index contributed by atoms with van der Waals surface area (Å²) in [4.78, 5) is 4.25. The van der Waals surface area contributed by atoms with E-state index in [0.29, 0.717) is 24.7 Å². The van der Waals surface area contributed by atoms with Crippen molar-refractivity contribution in [3.63, 3.8) is 0 Å².